The molecule has 2 N–H and O–H groups in total. The van der Waals surface area contributed by atoms with E-state index in [1.54, 1.807) is 13.8 Å². The maximum atomic E-state index is 12.1. The molecular formula is C11H15N3O5S. The van der Waals surface area contributed by atoms with Crippen molar-refractivity contribution in [1.82, 2.24) is 4.90 Å². The minimum atomic E-state index is -4.13. The van der Waals surface area contributed by atoms with E-state index in [0.717, 1.165) is 18.2 Å². The Bertz CT molecular complexity index is 637. The summed E-state index contributed by atoms with van der Waals surface area (Å²) in [4.78, 5) is 23.1. The minimum Gasteiger partial charge on any atom is -0.339 e. The van der Waals surface area contributed by atoms with Crippen molar-refractivity contribution >= 4 is 21.6 Å². The molecule has 0 aliphatic rings. The van der Waals surface area contributed by atoms with Crippen LogP contribution in [0.2, 0.25) is 0 Å². The lowest BCUT2D eigenvalue weighted by atomic mass is 10.1. The van der Waals surface area contributed by atoms with E-state index in [9.17, 15) is 23.3 Å². The van der Waals surface area contributed by atoms with Gasteiger partial charge in [-0.2, -0.15) is 0 Å². The first-order chi connectivity index (χ1) is 9.20. The molecule has 1 aromatic carbocycles. The standard InChI is InChI=1S/C11H15N3O5S/c1-3-13(4-2)11(15)8-5-9(14(16)17)7-10(6-8)20(12,18)19/h5-7H,3-4H2,1-2H3,(H2,12,18,19). The number of hydrogen-bond acceptors (Lipinski definition) is 5. The van der Waals surface area contributed by atoms with Crippen molar-refractivity contribution in [2.75, 3.05) is 13.1 Å². The number of non-ortho nitro benzene ring substituents is 1. The molecule has 0 aromatic heterocycles. The van der Waals surface area contributed by atoms with Gasteiger partial charge in [0.25, 0.3) is 11.6 Å². The molecule has 110 valence electrons. The third-order valence-corrected chi connectivity index (χ3v) is 3.62. The number of hydrogen-bond donors (Lipinski definition) is 1. The van der Waals surface area contributed by atoms with Crippen LogP contribution in [0.3, 0.4) is 0 Å². The molecular weight excluding hydrogens is 286 g/mol. The Kier molecular flexibility index (Phi) is 4.79. The molecule has 0 spiro atoms. The number of rotatable bonds is 5. The molecule has 0 saturated heterocycles. The molecule has 0 radical (unpaired) electrons. The van der Waals surface area contributed by atoms with Crippen molar-refractivity contribution < 1.29 is 18.1 Å². The van der Waals surface area contributed by atoms with Crippen LogP contribution in [0, 0.1) is 10.1 Å². The number of nitro benzene ring substituents is 1. The fourth-order valence-corrected chi connectivity index (χ4v) is 2.25. The number of carbonyl (C=O) groups excluding carboxylic acids is 1. The quantitative estimate of drug-likeness (QED) is 0.634. The predicted molar refractivity (Wildman–Crippen MR) is 71.7 cm³/mol. The predicted octanol–water partition coefficient (Wildman–Crippen LogP) is 0.724. The first-order valence-electron chi connectivity index (χ1n) is 5.82. The number of nitro groups is 1. The lowest BCUT2D eigenvalue weighted by Crippen LogP contribution is -2.30. The summed E-state index contributed by atoms with van der Waals surface area (Å²) in [7, 11) is -4.13. The maximum Gasteiger partial charge on any atom is 0.271 e. The third kappa shape index (κ3) is 3.52. The van der Waals surface area contributed by atoms with Gasteiger partial charge in [-0.3, -0.25) is 14.9 Å². The third-order valence-electron chi connectivity index (χ3n) is 2.73. The van der Waals surface area contributed by atoms with Crippen molar-refractivity contribution in [3.8, 4) is 0 Å². The fourth-order valence-electron chi connectivity index (χ4n) is 1.67. The van der Waals surface area contributed by atoms with E-state index in [1.165, 1.54) is 4.90 Å². The Labute approximate surface area is 116 Å². The molecule has 8 nitrogen and oxygen atoms in total. The van der Waals surface area contributed by atoms with E-state index in [0.29, 0.717) is 13.1 Å². The van der Waals surface area contributed by atoms with Gasteiger partial charge in [0.05, 0.1) is 9.82 Å². The van der Waals surface area contributed by atoms with E-state index in [4.69, 9.17) is 5.14 Å². The molecule has 1 aromatic rings. The first kappa shape index (κ1) is 16.1. The second-order valence-electron chi connectivity index (χ2n) is 4.00. The van der Waals surface area contributed by atoms with Crippen molar-refractivity contribution in [1.29, 1.82) is 0 Å². The van der Waals surface area contributed by atoms with E-state index in [1.807, 2.05) is 0 Å². The van der Waals surface area contributed by atoms with Gasteiger partial charge in [0, 0.05) is 30.8 Å². The van der Waals surface area contributed by atoms with Crippen LogP contribution in [-0.2, 0) is 10.0 Å². The summed E-state index contributed by atoms with van der Waals surface area (Å²) < 4.78 is 22.6. The van der Waals surface area contributed by atoms with Crippen molar-refractivity contribution in [2.24, 2.45) is 5.14 Å². The molecule has 0 fully saturated rings. The Balaban J connectivity index is 3.44. The summed E-state index contributed by atoms with van der Waals surface area (Å²) >= 11 is 0. The van der Waals surface area contributed by atoms with Crippen LogP contribution in [0.15, 0.2) is 23.1 Å². The summed E-state index contributed by atoms with van der Waals surface area (Å²) in [6.07, 6.45) is 0. The van der Waals surface area contributed by atoms with Crippen molar-refractivity contribution in [3.63, 3.8) is 0 Å². The van der Waals surface area contributed by atoms with Crippen LogP contribution in [0.5, 0.6) is 0 Å². The second-order valence-corrected chi connectivity index (χ2v) is 5.56. The van der Waals surface area contributed by atoms with Gasteiger partial charge >= 0.3 is 0 Å². The van der Waals surface area contributed by atoms with Crippen LogP contribution in [0.25, 0.3) is 0 Å². The number of primary sulfonamides is 1. The number of nitrogens with zero attached hydrogens (tertiary/aromatic N) is 2. The summed E-state index contributed by atoms with van der Waals surface area (Å²) in [5.74, 6) is -0.483. The Morgan fingerprint density at radius 2 is 1.85 bits per heavy atom. The van der Waals surface area contributed by atoms with E-state index in [-0.39, 0.29) is 5.56 Å². The van der Waals surface area contributed by atoms with Crippen LogP contribution < -0.4 is 5.14 Å². The molecule has 0 aliphatic heterocycles. The number of amides is 1. The molecule has 0 aliphatic carbocycles. The zero-order chi connectivity index (χ0) is 15.5. The normalized spacial score (nSPS) is 11.2. The van der Waals surface area contributed by atoms with Gasteiger partial charge in [-0.1, -0.05) is 0 Å². The molecule has 0 heterocycles. The van der Waals surface area contributed by atoms with Gasteiger partial charge in [0.1, 0.15) is 0 Å². The SMILES string of the molecule is CCN(CC)C(=O)c1cc([N+](=O)[O-])cc(S(N)(=O)=O)c1. The van der Waals surface area contributed by atoms with Crippen LogP contribution >= 0.6 is 0 Å². The van der Waals surface area contributed by atoms with E-state index in [2.05, 4.69) is 0 Å². The molecule has 1 amide bonds. The zero-order valence-electron chi connectivity index (χ0n) is 11.1. The highest BCUT2D eigenvalue weighted by atomic mass is 32.2. The highest BCUT2D eigenvalue weighted by Gasteiger charge is 2.21. The Morgan fingerprint density at radius 3 is 2.25 bits per heavy atom. The summed E-state index contributed by atoms with van der Waals surface area (Å²) in [6.45, 7) is 4.31. The molecule has 0 unspecified atom stereocenters. The van der Waals surface area contributed by atoms with Crippen molar-refractivity contribution in [3.05, 3.63) is 33.9 Å². The fraction of sp³-hybridized carbons (Fsp3) is 0.364. The summed E-state index contributed by atoms with van der Waals surface area (Å²) in [5, 5.41) is 15.8. The van der Waals surface area contributed by atoms with Gasteiger partial charge in [-0.25, -0.2) is 13.6 Å². The first-order valence-corrected chi connectivity index (χ1v) is 7.36. The number of carbonyl (C=O) groups is 1. The van der Waals surface area contributed by atoms with Gasteiger partial charge in [-0.15, -0.1) is 0 Å². The van der Waals surface area contributed by atoms with E-state index < -0.39 is 31.4 Å². The molecule has 9 heteroatoms. The maximum absolute atomic E-state index is 12.1. The Hall–Kier alpha value is -2.00. The molecule has 20 heavy (non-hydrogen) atoms. The number of sulfonamides is 1. The van der Waals surface area contributed by atoms with Crippen LogP contribution in [0.1, 0.15) is 24.2 Å². The monoisotopic (exact) mass is 301 g/mol. The average Bonchev–Trinajstić information content (AvgIpc) is 2.38. The summed E-state index contributed by atoms with van der Waals surface area (Å²) in [5.41, 5.74) is -0.570. The van der Waals surface area contributed by atoms with Crippen molar-refractivity contribution in [2.45, 2.75) is 18.7 Å². The highest BCUT2D eigenvalue weighted by Crippen LogP contribution is 2.21. The average molecular weight is 301 g/mol. The second kappa shape index (κ2) is 5.97. The molecule has 1 rings (SSSR count). The van der Waals surface area contributed by atoms with Gasteiger partial charge in [0.2, 0.25) is 10.0 Å². The summed E-state index contributed by atoms with van der Waals surface area (Å²) in [6, 6.07) is 2.91. The van der Waals surface area contributed by atoms with Crippen LogP contribution in [-0.4, -0.2) is 37.2 Å². The number of nitrogens with two attached hydrogens (primary N) is 1. The van der Waals surface area contributed by atoms with Gasteiger partial charge in [0.15, 0.2) is 0 Å². The topological polar surface area (TPSA) is 124 Å². The lowest BCUT2D eigenvalue weighted by Gasteiger charge is -2.18. The van der Waals surface area contributed by atoms with Crippen LogP contribution in [0.4, 0.5) is 5.69 Å². The lowest BCUT2D eigenvalue weighted by molar-refractivity contribution is -0.385. The largest absolute Gasteiger partial charge is 0.339 e. The van der Waals surface area contributed by atoms with Gasteiger partial charge in [-0.05, 0) is 19.9 Å². The van der Waals surface area contributed by atoms with E-state index >= 15 is 0 Å². The Morgan fingerprint density at radius 1 is 1.30 bits per heavy atom. The smallest absolute Gasteiger partial charge is 0.271 e. The molecule has 0 saturated carbocycles. The van der Waals surface area contributed by atoms with Gasteiger partial charge < -0.3 is 4.90 Å². The molecule has 0 atom stereocenters. The number of benzene rings is 1. The highest BCUT2D eigenvalue weighted by molar-refractivity contribution is 7.89. The zero-order valence-corrected chi connectivity index (χ0v) is 11.9. The minimum absolute atomic E-state index is 0.0769. The molecule has 0 bridgehead atoms.